The van der Waals surface area contributed by atoms with Gasteiger partial charge in [0.1, 0.15) is 22.4 Å². The molecule has 9 heteroatoms. The van der Waals surface area contributed by atoms with Gasteiger partial charge in [-0.15, -0.1) is 0 Å². The molecule has 188 valence electrons. The number of para-hydroxylation sites is 1. The predicted molar refractivity (Wildman–Crippen MR) is 145 cm³/mol. The van der Waals surface area contributed by atoms with E-state index >= 15 is 0 Å². The lowest BCUT2D eigenvalue weighted by Gasteiger charge is -2.17. The molecule has 1 amide bonds. The van der Waals surface area contributed by atoms with Crippen LogP contribution in [-0.4, -0.2) is 33.2 Å². The number of nitrogens with zero attached hydrogens (tertiary/aromatic N) is 2. The van der Waals surface area contributed by atoms with Crippen molar-refractivity contribution in [2.75, 3.05) is 12.8 Å². The van der Waals surface area contributed by atoms with E-state index in [-0.39, 0.29) is 5.91 Å². The fourth-order valence-corrected chi connectivity index (χ4v) is 4.65. The Morgan fingerprint density at radius 2 is 1.89 bits per heavy atom. The number of carbonyl (C=O) groups excluding carboxylic acids is 1. The van der Waals surface area contributed by atoms with Gasteiger partial charge >= 0.3 is 0 Å². The molecule has 0 aliphatic heterocycles. The Morgan fingerprint density at radius 3 is 2.70 bits per heavy atom. The summed E-state index contributed by atoms with van der Waals surface area (Å²) in [5.41, 5.74) is 10.1. The number of methoxy groups -OCH3 is 1. The number of imidazole rings is 1. The average Bonchev–Trinajstić information content (AvgIpc) is 3.49. The number of fused-ring (bicyclic) bond motifs is 1. The molecular formula is C28H27ClN6O2. The molecule has 2 aromatic heterocycles. The maximum atomic E-state index is 13.1. The summed E-state index contributed by atoms with van der Waals surface area (Å²) in [6.45, 7) is 0. The summed E-state index contributed by atoms with van der Waals surface area (Å²) < 4.78 is 5.42. The molecule has 0 aliphatic rings. The number of aryl methyl sites for hydroxylation is 1. The first-order chi connectivity index (χ1) is 18.0. The maximum absolute atomic E-state index is 13.1. The lowest BCUT2D eigenvalue weighted by Crippen LogP contribution is -2.31. The highest BCUT2D eigenvalue weighted by atomic mass is 35.5. The molecule has 0 spiro atoms. The van der Waals surface area contributed by atoms with E-state index in [0.717, 1.165) is 33.3 Å². The van der Waals surface area contributed by atoms with Crippen molar-refractivity contribution in [1.29, 1.82) is 0 Å². The number of hydrogen-bond acceptors (Lipinski definition) is 5. The monoisotopic (exact) mass is 514 g/mol. The summed E-state index contributed by atoms with van der Waals surface area (Å²) in [6, 6.07) is 23.0. The fourth-order valence-electron chi connectivity index (χ4n) is 4.40. The van der Waals surface area contributed by atoms with Gasteiger partial charge in [-0.05, 0) is 42.2 Å². The summed E-state index contributed by atoms with van der Waals surface area (Å²) in [6.07, 6.45) is 1.43. The third-order valence-corrected chi connectivity index (χ3v) is 6.58. The zero-order valence-corrected chi connectivity index (χ0v) is 21.0. The summed E-state index contributed by atoms with van der Waals surface area (Å²) in [4.78, 5) is 21.0. The Hall–Kier alpha value is -4.30. The van der Waals surface area contributed by atoms with E-state index in [2.05, 4.69) is 20.5 Å². The molecular weight excluding hydrogens is 488 g/mol. The maximum Gasteiger partial charge on any atom is 0.220 e. The largest absolute Gasteiger partial charge is 0.496 e. The molecule has 0 unspecified atom stereocenters. The van der Waals surface area contributed by atoms with Crippen LogP contribution in [0.25, 0.3) is 22.2 Å². The Morgan fingerprint density at radius 1 is 1.11 bits per heavy atom. The number of nitrogen functional groups attached to an aromatic ring is 1. The minimum atomic E-state index is -0.398. The molecule has 0 saturated carbocycles. The van der Waals surface area contributed by atoms with Gasteiger partial charge in [-0.25, -0.2) is 4.98 Å². The van der Waals surface area contributed by atoms with Crippen LogP contribution in [0.15, 0.2) is 72.8 Å². The number of aromatic nitrogens is 4. The summed E-state index contributed by atoms with van der Waals surface area (Å²) >= 11 is 6.60. The second-order valence-electron chi connectivity index (χ2n) is 8.78. The van der Waals surface area contributed by atoms with Gasteiger partial charge in [-0.2, -0.15) is 5.10 Å². The summed E-state index contributed by atoms with van der Waals surface area (Å²) in [5.74, 6) is 1.71. The Kier molecular flexibility index (Phi) is 7.09. The van der Waals surface area contributed by atoms with Crippen LogP contribution in [0.1, 0.15) is 29.4 Å². The van der Waals surface area contributed by atoms with Crippen LogP contribution in [0, 0.1) is 0 Å². The average molecular weight is 515 g/mol. The highest BCUT2D eigenvalue weighted by Crippen LogP contribution is 2.31. The van der Waals surface area contributed by atoms with Crippen molar-refractivity contribution >= 4 is 34.2 Å². The number of benzene rings is 3. The molecule has 0 aliphatic carbocycles. The Balaban J connectivity index is 1.39. The first kappa shape index (κ1) is 24.4. The van der Waals surface area contributed by atoms with E-state index < -0.39 is 6.04 Å². The molecule has 37 heavy (non-hydrogen) atoms. The number of nitrogens with one attached hydrogen (secondary N) is 3. The van der Waals surface area contributed by atoms with Gasteiger partial charge in [0.05, 0.1) is 18.7 Å². The van der Waals surface area contributed by atoms with Crippen molar-refractivity contribution in [2.45, 2.75) is 25.3 Å². The normalized spacial score (nSPS) is 11.9. The molecule has 2 heterocycles. The Labute approximate surface area is 219 Å². The molecule has 0 fully saturated rings. The van der Waals surface area contributed by atoms with Crippen molar-refractivity contribution < 1.29 is 9.53 Å². The first-order valence-corrected chi connectivity index (χ1v) is 12.3. The smallest absolute Gasteiger partial charge is 0.220 e. The van der Waals surface area contributed by atoms with E-state index in [1.54, 1.807) is 7.11 Å². The second kappa shape index (κ2) is 10.8. The van der Waals surface area contributed by atoms with Crippen LogP contribution in [-0.2, 0) is 17.6 Å². The minimum Gasteiger partial charge on any atom is -0.496 e. The number of ether oxygens (including phenoxy) is 1. The van der Waals surface area contributed by atoms with E-state index in [4.69, 9.17) is 27.1 Å². The summed E-state index contributed by atoms with van der Waals surface area (Å²) in [5, 5.41) is 11.3. The molecule has 8 nitrogen and oxygen atoms in total. The lowest BCUT2D eigenvalue weighted by molar-refractivity contribution is -0.121. The number of rotatable bonds is 9. The molecule has 5 aromatic rings. The van der Waals surface area contributed by atoms with Crippen LogP contribution in [0.4, 0.5) is 5.82 Å². The molecule has 5 rings (SSSR count). The van der Waals surface area contributed by atoms with E-state index in [0.29, 0.717) is 41.8 Å². The number of aromatic amines is 2. The van der Waals surface area contributed by atoms with Crippen molar-refractivity contribution in [3.8, 4) is 17.0 Å². The van der Waals surface area contributed by atoms with Crippen LogP contribution in [0.5, 0.6) is 5.75 Å². The summed E-state index contributed by atoms with van der Waals surface area (Å²) in [7, 11) is 1.63. The number of H-pyrrole nitrogens is 2. The molecule has 1 atom stereocenters. The van der Waals surface area contributed by atoms with Crippen molar-refractivity contribution in [1.82, 2.24) is 25.5 Å². The second-order valence-corrected chi connectivity index (χ2v) is 9.15. The number of carbonyl (C=O) groups is 1. The molecule has 0 saturated heterocycles. The van der Waals surface area contributed by atoms with Gasteiger partial charge in [0.2, 0.25) is 5.91 Å². The van der Waals surface area contributed by atoms with Crippen molar-refractivity contribution in [2.24, 2.45) is 0 Å². The topological polar surface area (TPSA) is 122 Å². The third kappa shape index (κ3) is 5.44. The van der Waals surface area contributed by atoms with E-state index in [9.17, 15) is 4.79 Å². The first-order valence-electron chi connectivity index (χ1n) is 12.0. The zero-order valence-electron chi connectivity index (χ0n) is 20.3. The van der Waals surface area contributed by atoms with Crippen molar-refractivity contribution in [3.05, 3.63) is 94.9 Å². The number of hydrogen-bond donors (Lipinski definition) is 4. The highest BCUT2D eigenvalue weighted by Gasteiger charge is 2.22. The molecule has 5 N–H and O–H groups in total. The van der Waals surface area contributed by atoms with Gasteiger partial charge < -0.3 is 20.8 Å². The zero-order chi connectivity index (χ0) is 25.8. The van der Waals surface area contributed by atoms with Crippen LogP contribution in [0.2, 0.25) is 5.15 Å². The highest BCUT2D eigenvalue weighted by molar-refractivity contribution is 6.32. The Bertz CT molecular complexity index is 1530. The number of halogens is 1. The van der Waals surface area contributed by atoms with E-state index in [1.165, 1.54) is 0 Å². The number of amides is 1. The molecule has 0 radical (unpaired) electrons. The lowest BCUT2D eigenvalue weighted by atomic mass is 10.0. The molecule has 0 bridgehead atoms. The van der Waals surface area contributed by atoms with E-state index in [1.807, 2.05) is 72.8 Å². The number of anilines is 1. The minimum absolute atomic E-state index is 0.0877. The standard InChI is InChI=1S/C28H27ClN6O2/c1-37-23-10-6-5-9-18(23)12-14-24(36)31-22(15-17-7-3-2-4-8-17)28-32-25(26(29)33-28)19-11-13-20-21(16-19)34-35-27(20)30/h2-11,13,16,22H,12,14-15H2,1H3,(H,31,36)(H,32,33)(H3,30,34,35)/t22-/m0/s1. The quantitative estimate of drug-likeness (QED) is 0.214. The SMILES string of the molecule is COc1ccccc1CCC(=O)N[C@@H](Cc1ccccc1)c1nc(-c2ccc3c(N)n[nH]c3c2)c(Cl)[nH]1. The van der Waals surface area contributed by atoms with Crippen LogP contribution < -0.4 is 15.8 Å². The van der Waals surface area contributed by atoms with Gasteiger partial charge in [-0.1, -0.05) is 66.2 Å². The van der Waals surface area contributed by atoms with Crippen molar-refractivity contribution in [3.63, 3.8) is 0 Å². The van der Waals surface area contributed by atoms with Gasteiger partial charge in [-0.3, -0.25) is 9.89 Å². The van der Waals surface area contributed by atoms with Gasteiger partial charge in [0.15, 0.2) is 5.82 Å². The van der Waals surface area contributed by atoms with Gasteiger partial charge in [0.25, 0.3) is 0 Å². The number of nitrogens with two attached hydrogens (primary N) is 1. The predicted octanol–water partition coefficient (Wildman–Crippen LogP) is 5.23. The fraction of sp³-hybridized carbons (Fsp3) is 0.179. The van der Waals surface area contributed by atoms with Crippen LogP contribution >= 0.6 is 11.6 Å². The van der Waals surface area contributed by atoms with Gasteiger partial charge in [0, 0.05) is 17.4 Å². The third-order valence-electron chi connectivity index (χ3n) is 6.31. The van der Waals surface area contributed by atoms with Crippen LogP contribution in [0.3, 0.4) is 0 Å². The molecule has 3 aromatic carbocycles.